The number of nitrogens with zero attached hydrogens (tertiary/aromatic N) is 2. The normalized spacial score (nSPS) is 10.6. The highest BCUT2D eigenvalue weighted by molar-refractivity contribution is 9.10. The Morgan fingerprint density at radius 3 is 3.00 bits per heavy atom. The third-order valence-corrected chi connectivity index (χ3v) is 3.67. The molecular weight excluding hydrogens is 323 g/mol. The summed E-state index contributed by atoms with van der Waals surface area (Å²) < 4.78 is 15.2. The average molecular weight is 331 g/mol. The molecule has 0 saturated carbocycles. The molecule has 2 aromatic rings. The van der Waals surface area contributed by atoms with Crippen LogP contribution >= 0.6 is 27.7 Å². The van der Waals surface area contributed by atoms with Crippen LogP contribution in [0.15, 0.2) is 40.2 Å². The van der Waals surface area contributed by atoms with Crippen molar-refractivity contribution >= 4 is 33.7 Å². The number of thioether (sulfide) groups is 1. The summed E-state index contributed by atoms with van der Waals surface area (Å²) >= 11 is 4.22. The lowest BCUT2D eigenvalue weighted by atomic mass is 10.3. The zero-order chi connectivity index (χ0) is 13.1. The van der Waals surface area contributed by atoms with Gasteiger partial charge >= 0.3 is 5.97 Å². The Hall–Kier alpha value is -1.34. The molecule has 4 nitrogen and oxygen atoms in total. The van der Waals surface area contributed by atoms with E-state index in [-0.39, 0.29) is 11.6 Å². The Balaban J connectivity index is 2.30. The number of benzene rings is 1. The topological polar surface area (TPSA) is 55.1 Å². The molecule has 0 aliphatic heterocycles. The molecule has 2 rings (SSSR count). The van der Waals surface area contributed by atoms with Crippen LogP contribution in [0.5, 0.6) is 0 Å². The quantitative estimate of drug-likeness (QED) is 0.875. The van der Waals surface area contributed by atoms with Gasteiger partial charge < -0.3 is 5.11 Å². The van der Waals surface area contributed by atoms with Crippen LogP contribution in [0.2, 0.25) is 0 Å². The number of hydrogen-bond donors (Lipinski definition) is 1. The summed E-state index contributed by atoms with van der Waals surface area (Å²) in [6.45, 7) is 0. The second-order valence-corrected chi connectivity index (χ2v) is 5.16. The van der Waals surface area contributed by atoms with Crippen LogP contribution in [0, 0.1) is 5.82 Å². The summed E-state index contributed by atoms with van der Waals surface area (Å²) in [7, 11) is 0. The molecule has 0 unspecified atom stereocenters. The molecule has 18 heavy (non-hydrogen) atoms. The van der Waals surface area contributed by atoms with Crippen molar-refractivity contribution in [3.63, 3.8) is 0 Å². The van der Waals surface area contributed by atoms with Gasteiger partial charge in [0.1, 0.15) is 5.82 Å². The van der Waals surface area contributed by atoms with Gasteiger partial charge in [-0.25, -0.2) is 9.37 Å². The molecule has 94 valence electrons. The Labute approximate surface area is 115 Å². The SMILES string of the molecule is O=C(O)CSc1nccn1-c1ccc(F)c(Br)c1. The van der Waals surface area contributed by atoms with Gasteiger partial charge in [0.15, 0.2) is 5.16 Å². The predicted molar refractivity (Wildman–Crippen MR) is 69.6 cm³/mol. The van der Waals surface area contributed by atoms with E-state index in [9.17, 15) is 9.18 Å². The van der Waals surface area contributed by atoms with E-state index in [1.807, 2.05) is 0 Å². The van der Waals surface area contributed by atoms with Gasteiger partial charge in [0.25, 0.3) is 0 Å². The highest BCUT2D eigenvalue weighted by atomic mass is 79.9. The smallest absolute Gasteiger partial charge is 0.313 e. The molecule has 1 heterocycles. The van der Waals surface area contributed by atoms with E-state index < -0.39 is 5.97 Å². The van der Waals surface area contributed by atoms with Crippen LogP contribution in [0.4, 0.5) is 4.39 Å². The summed E-state index contributed by atoms with van der Waals surface area (Å²) in [6, 6.07) is 4.56. The highest BCUT2D eigenvalue weighted by Crippen LogP contribution is 2.24. The fraction of sp³-hybridized carbons (Fsp3) is 0.0909. The Bertz CT molecular complexity index is 588. The molecule has 0 fully saturated rings. The van der Waals surface area contributed by atoms with Gasteiger partial charge in [-0.05, 0) is 34.1 Å². The number of carbonyl (C=O) groups is 1. The fourth-order valence-electron chi connectivity index (χ4n) is 1.35. The number of carboxylic acids is 1. The lowest BCUT2D eigenvalue weighted by molar-refractivity contribution is -0.133. The summed E-state index contributed by atoms with van der Waals surface area (Å²) in [4.78, 5) is 14.6. The van der Waals surface area contributed by atoms with Gasteiger partial charge in [-0.3, -0.25) is 9.36 Å². The minimum atomic E-state index is -0.908. The third kappa shape index (κ3) is 2.91. The number of aliphatic carboxylic acids is 1. The van der Waals surface area contributed by atoms with E-state index in [0.29, 0.717) is 15.3 Å². The molecule has 0 atom stereocenters. The number of carboxylic acid groups (broad SMARTS) is 1. The van der Waals surface area contributed by atoms with Crippen LogP contribution in [-0.4, -0.2) is 26.4 Å². The van der Waals surface area contributed by atoms with Crippen LogP contribution in [0.1, 0.15) is 0 Å². The van der Waals surface area contributed by atoms with Gasteiger partial charge in [0.05, 0.1) is 10.2 Å². The van der Waals surface area contributed by atoms with Crippen LogP contribution in [0.25, 0.3) is 5.69 Å². The van der Waals surface area contributed by atoms with Crippen molar-refractivity contribution in [3.05, 3.63) is 40.9 Å². The molecule has 0 amide bonds. The first kappa shape index (κ1) is 13.1. The maximum atomic E-state index is 13.1. The molecule has 0 saturated heterocycles. The first-order chi connectivity index (χ1) is 8.58. The molecule has 0 bridgehead atoms. The molecule has 0 radical (unpaired) electrons. The first-order valence-electron chi connectivity index (χ1n) is 4.91. The molecule has 0 aliphatic carbocycles. The number of aromatic nitrogens is 2. The largest absolute Gasteiger partial charge is 0.481 e. The minimum absolute atomic E-state index is 0.0701. The Kier molecular flexibility index (Phi) is 4.03. The van der Waals surface area contributed by atoms with Crippen molar-refractivity contribution in [3.8, 4) is 5.69 Å². The van der Waals surface area contributed by atoms with Crippen LogP contribution in [0.3, 0.4) is 0 Å². The van der Waals surface area contributed by atoms with Gasteiger partial charge in [0, 0.05) is 18.1 Å². The average Bonchev–Trinajstić information content (AvgIpc) is 2.78. The lowest BCUT2D eigenvalue weighted by Gasteiger charge is -2.07. The number of imidazole rings is 1. The molecule has 0 spiro atoms. The van der Waals surface area contributed by atoms with Gasteiger partial charge in [-0.15, -0.1) is 0 Å². The standard InChI is InChI=1S/C11H8BrFN2O2S/c12-8-5-7(1-2-9(8)13)15-4-3-14-11(15)18-6-10(16)17/h1-5H,6H2,(H,16,17). The lowest BCUT2D eigenvalue weighted by Crippen LogP contribution is -2.01. The summed E-state index contributed by atoms with van der Waals surface area (Å²) in [5.74, 6) is -1.33. The third-order valence-electron chi connectivity index (χ3n) is 2.11. The van der Waals surface area contributed by atoms with Crippen molar-refractivity contribution in [2.45, 2.75) is 5.16 Å². The van der Waals surface area contributed by atoms with Gasteiger partial charge in [-0.2, -0.15) is 0 Å². The fourth-order valence-corrected chi connectivity index (χ4v) is 2.41. The number of rotatable bonds is 4. The summed E-state index contributed by atoms with van der Waals surface area (Å²) in [5.41, 5.74) is 0.716. The molecule has 1 N–H and O–H groups in total. The van der Waals surface area contributed by atoms with E-state index >= 15 is 0 Å². The minimum Gasteiger partial charge on any atom is -0.481 e. The molecule has 0 aliphatic rings. The number of halogens is 2. The maximum absolute atomic E-state index is 13.1. The van der Waals surface area contributed by atoms with E-state index in [4.69, 9.17) is 5.11 Å². The van der Waals surface area contributed by atoms with Gasteiger partial charge in [0.2, 0.25) is 0 Å². The highest BCUT2D eigenvalue weighted by Gasteiger charge is 2.09. The second-order valence-electron chi connectivity index (χ2n) is 3.36. The first-order valence-corrected chi connectivity index (χ1v) is 6.69. The zero-order valence-corrected chi connectivity index (χ0v) is 11.4. The van der Waals surface area contributed by atoms with E-state index in [0.717, 1.165) is 11.8 Å². The Morgan fingerprint density at radius 2 is 2.33 bits per heavy atom. The molecule has 7 heteroatoms. The summed E-state index contributed by atoms with van der Waals surface area (Å²) in [6.07, 6.45) is 3.27. The maximum Gasteiger partial charge on any atom is 0.313 e. The van der Waals surface area contributed by atoms with Gasteiger partial charge in [-0.1, -0.05) is 11.8 Å². The van der Waals surface area contributed by atoms with Crippen molar-refractivity contribution in [1.82, 2.24) is 9.55 Å². The van der Waals surface area contributed by atoms with E-state index in [1.165, 1.54) is 6.07 Å². The van der Waals surface area contributed by atoms with E-state index in [2.05, 4.69) is 20.9 Å². The van der Waals surface area contributed by atoms with Crippen LogP contribution in [-0.2, 0) is 4.79 Å². The van der Waals surface area contributed by atoms with Crippen molar-refractivity contribution in [1.29, 1.82) is 0 Å². The molecular formula is C11H8BrFN2O2S. The Morgan fingerprint density at radius 1 is 1.56 bits per heavy atom. The number of hydrogen-bond acceptors (Lipinski definition) is 3. The van der Waals surface area contributed by atoms with Crippen molar-refractivity contribution < 1.29 is 14.3 Å². The van der Waals surface area contributed by atoms with Crippen molar-refractivity contribution in [2.24, 2.45) is 0 Å². The summed E-state index contributed by atoms with van der Waals surface area (Å²) in [5, 5.41) is 9.19. The van der Waals surface area contributed by atoms with Crippen LogP contribution < -0.4 is 0 Å². The second kappa shape index (κ2) is 5.53. The van der Waals surface area contributed by atoms with Crippen molar-refractivity contribution in [2.75, 3.05) is 5.75 Å². The predicted octanol–water partition coefficient (Wildman–Crippen LogP) is 2.95. The van der Waals surface area contributed by atoms with E-state index in [1.54, 1.807) is 29.1 Å². The molecule has 1 aromatic heterocycles. The molecule has 1 aromatic carbocycles. The monoisotopic (exact) mass is 330 g/mol. The zero-order valence-electron chi connectivity index (χ0n) is 9.01.